The van der Waals surface area contributed by atoms with Crippen LogP contribution in [0.2, 0.25) is 0 Å². The van der Waals surface area contributed by atoms with Crippen molar-refractivity contribution in [3.63, 3.8) is 0 Å². The molecule has 4 aromatic heterocycles. The molecular formula is C43H31N5. The summed E-state index contributed by atoms with van der Waals surface area (Å²) in [4.78, 5) is 18.8. The normalized spacial score (nSPS) is 14.5. The monoisotopic (exact) mass is 617 g/mol. The molecule has 0 radical (unpaired) electrons. The largest absolute Gasteiger partial charge is 0.309 e. The third kappa shape index (κ3) is 4.88. The number of hydrogen-bond donors (Lipinski definition) is 0. The van der Waals surface area contributed by atoms with E-state index in [0.29, 0.717) is 0 Å². The predicted octanol–water partition coefficient (Wildman–Crippen LogP) is 10.3. The molecule has 4 aromatic carbocycles. The van der Waals surface area contributed by atoms with E-state index in [1.54, 1.807) is 6.20 Å². The van der Waals surface area contributed by atoms with Crippen molar-refractivity contribution in [3.8, 4) is 39.3 Å². The number of hydrogen-bond acceptors (Lipinski definition) is 4. The minimum atomic E-state index is 0.289. The maximum Gasteiger partial charge on any atom is 0.0725 e. The van der Waals surface area contributed by atoms with Crippen LogP contribution in [0, 0.1) is 0 Å². The summed E-state index contributed by atoms with van der Waals surface area (Å²) in [5.41, 5.74) is 11.6. The van der Waals surface area contributed by atoms with Gasteiger partial charge in [-0.2, -0.15) is 0 Å². The van der Waals surface area contributed by atoms with Gasteiger partial charge in [-0.05, 0) is 85.0 Å². The lowest BCUT2D eigenvalue weighted by Gasteiger charge is -2.13. The molecule has 0 aliphatic carbocycles. The van der Waals surface area contributed by atoms with Gasteiger partial charge in [0, 0.05) is 68.9 Å². The molecule has 228 valence electrons. The summed E-state index contributed by atoms with van der Waals surface area (Å²) >= 11 is 0. The third-order valence-electron chi connectivity index (χ3n) is 9.24. The summed E-state index contributed by atoms with van der Waals surface area (Å²) < 4.78 is 2.40. The number of para-hydroxylation sites is 1. The minimum absolute atomic E-state index is 0.289. The topological polar surface area (TPSA) is 56.0 Å². The lowest BCUT2D eigenvalue weighted by atomic mass is 9.98. The van der Waals surface area contributed by atoms with Gasteiger partial charge >= 0.3 is 0 Å². The lowest BCUT2D eigenvalue weighted by molar-refractivity contribution is 0.753. The molecule has 8 aromatic rings. The SMILES string of the molecule is CC1CC=CC(c2cncc(-c3ccc4c(ccc5c6ccc(-c7cccc(-c8cccnc8)n7)cc6n(-c6ccccc6)c45)c3)c2)=N1. The smallest absolute Gasteiger partial charge is 0.0725 e. The molecule has 0 fully saturated rings. The van der Waals surface area contributed by atoms with Gasteiger partial charge in [-0.1, -0.05) is 66.7 Å². The minimum Gasteiger partial charge on any atom is -0.309 e. The molecule has 1 aliphatic rings. The molecule has 0 bridgehead atoms. The molecule has 1 unspecified atom stereocenters. The molecule has 5 heteroatoms. The summed E-state index contributed by atoms with van der Waals surface area (Å²) in [5.74, 6) is 0. The van der Waals surface area contributed by atoms with E-state index in [1.807, 2.05) is 36.8 Å². The Morgan fingerprint density at radius 1 is 0.604 bits per heavy atom. The molecule has 0 saturated carbocycles. The van der Waals surface area contributed by atoms with E-state index in [9.17, 15) is 0 Å². The highest BCUT2D eigenvalue weighted by Crippen LogP contribution is 2.39. The van der Waals surface area contributed by atoms with E-state index >= 15 is 0 Å². The molecule has 5 heterocycles. The first-order valence-corrected chi connectivity index (χ1v) is 16.3. The number of fused-ring (bicyclic) bond motifs is 5. The Balaban J connectivity index is 1.21. The first-order chi connectivity index (χ1) is 23.7. The summed E-state index contributed by atoms with van der Waals surface area (Å²) in [5, 5.41) is 4.81. The van der Waals surface area contributed by atoms with Crippen LogP contribution in [-0.4, -0.2) is 31.3 Å². The van der Waals surface area contributed by atoms with Gasteiger partial charge in [0.2, 0.25) is 0 Å². The fraction of sp³-hybridized carbons (Fsp3) is 0.0698. The standard InChI is InChI=1S/C43H31N5/c1-28-8-5-12-41(46-28)34-23-33(26-45-27-34)29-15-18-36-30(22-29)16-20-38-37-19-17-31(24-42(37)48(43(36)38)35-10-3-2-4-11-35)39-13-6-14-40(47-39)32-9-7-21-44-25-32/h2-7,9-28H,8H2,1H3. The molecule has 0 saturated heterocycles. The zero-order valence-electron chi connectivity index (χ0n) is 26.5. The van der Waals surface area contributed by atoms with E-state index in [2.05, 4.69) is 131 Å². The van der Waals surface area contributed by atoms with Crippen molar-refractivity contribution in [2.24, 2.45) is 4.99 Å². The fourth-order valence-electron chi connectivity index (χ4n) is 6.91. The second-order valence-corrected chi connectivity index (χ2v) is 12.4. The number of rotatable bonds is 5. The Bertz CT molecular complexity index is 2550. The van der Waals surface area contributed by atoms with Gasteiger partial charge in [0.15, 0.2) is 0 Å². The van der Waals surface area contributed by atoms with Crippen molar-refractivity contribution in [2.45, 2.75) is 19.4 Å². The number of benzene rings is 4. The van der Waals surface area contributed by atoms with Crippen LogP contribution in [0.4, 0.5) is 0 Å². The van der Waals surface area contributed by atoms with Crippen LogP contribution in [0.5, 0.6) is 0 Å². The van der Waals surface area contributed by atoms with Gasteiger partial charge in [0.05, 0.1) is 34.2 Å². The Labute approximate surface area is 278 Å². The Hall–Kier alpha value is -6.20. The predicted molar refractivity (Wildman–Crippen MR) is 198 cm³/mol. The van der Waals surface area contributed by atoms with Crippen molar-refractivity contribution < 1.29 is 0 Å². The fourth-order valence-corrected chi connectivity index (χ4v) is 6.91. The Morgan fingerprint density at radius 2 is 1.40 bits per heavy atom. The molecule has 5 nitrogen and oxygen atoms in total. The van der Waals surface area contributed by atoms with Gasteiger partial charge in [-0.3, -0.25) is 15.0 Å². The van der Waals surface area contributed by atoms with Gasteiger partial charge in [-0.25, -0.2) is 4.98 Å². The summed E-state index contributed by atoms with van der Waals surface area (Å²) in [6, 6.07) is 41.3. The molecule has 1 atom stereocenters. The number of aliphatic imine (C=N–C) groups is 1. The first kappa shape index (κ1) is 28.1. The summed E-state index contributed by atoms with van der Waals surface area (Å²) in [7, 11) is 0. The second kappa shape index (κ2) is 11.6. The quantitative estimate of drug-likeness (QED) is 0.193. The Kier molecular flexibility index (Phi) is 6.75. The summed E-state index contributed by atoms with van der Waals surface area (Å²) in [6.07, 6.45) is 12.8. The van der Waals surface area contributed by atoms with Crippen LogP contribution in [0.3, 0.4) is 0 Å². The summed E-state index contributed by atoms with van der Waals surface area (Å²) in [6.45, 7) is 2.15. The van der Waals surface area contributed by atoms with Crippen molar-refractivity contribution in [1.82, 2.24) is 19.5 Å². The van der Waals surface area contributed by atoms with Crippen LogP contribution in [0.1, 0.15) is 18.9 Å². The van der Waals surface area contributed by atoms with E-state index in [1.165, 1.54) is 27.1 Å². The van der Waals surface area contributed by atoms with E-state index in [0.717, 1.165) is 62.5 Å². The average molecular weight is 618 g/mol. The lowest BCUT2D eigenvalue weighted by Crippen LogP contribution is -2.09. The number of nitrogens with zero attached hydrogens (tertiary/aromatic N) is 5. The molecule has 1 aliphatic heterocycles. The molecule has 48 heavy (non-hydrogen) atoms. The Morgan fingerprint density at radius 3 is 2.25 bits per heavy atom. The van der Waals surface area contributed by atoms with Crippen molar-refractivity contribution in [3.05, 3.63) is 158 Å². The van der Waals surface area contributed by atoms with E-state index in [-0.39, 0.29) is 6.04 Å². The highest BCUT2D eigenvalue weighted by atomic mass is 15.0. The van der Waals surface area contributed by atoms with Crippen LogP contribution < -0.4 is 0 Å². The molecular weight excluding hydrogens is 587 g/mol. The number of dihydropyridines is 1. The number of pyridine rings is 3. The van der Waals surface area contributed by atoms with Crippen molar-refractivity contribution in [1.29, 1.82) is 0 Å². The van der Waals surface area contributed by atoms with Gasteiger partial charge in [0.25, 0.3) is 0 Å². The van der Waals surface area contributed by atoms with Crippen LogP contribution in [-0.2, 0) is 0 Å². The zero-order chi connectivity index (χ0) is 32.0. The first-order valence-electron chi connectivity index (χ1n) is 16.3. The number of aromatic nitrogens is 4. The van der Waals surface area contributed by atoms with Gasteiger partial charge in [-0.15, -0.1) is 0 Å². The van der Waals surface area contributed by atoms with Gasteiger partial charge in [0.1, 0.15) is 0 Å². The number of allylic oxidation sites excluding steroid dienone is 1. The van der Waals surface area contributed by atoms with Crippen LogP contribution in [0.25, 0.3) is 71.9 Å². The maximum atomic E-state index is 5.04. The highest BCUT2D eigenvalue weighted by Gasteiger charge is 2.17. The molecule has 0 spiro atoms. The van der Waals surface area contributed by atoms with Crippen LogP contribution in [0.15, 0.2) is 157 Å². The molecule has 0 N–H and O–H groups in total. The van der Waals surface area contributed by atoms with Crippen molar-refractivity contribution >= 4 is 38.3 Å². The van der Waals surface area contributed by atoms with Crippen molar-refractivity contribution in [2.75, 3.05) is 0 Å². The second-order valence-electron chi connectivity index (χ2n) is 12.4. The van der Waals surface area contributed by atoms with Gasteiger partial charge < -0.3 is 4.57 Å². The maximum absolute atomic E-state index is 5.04. The molecule has 9 rings (SSSR count). The third-order valence-corrected chi connectivity index (χ3v) is 9.24. The highest BCUT2D eigenvalue weighted by molar-refractivity contribution is 6.19. The average Bonchev–Trinajstić information content (AvgIpc) is 3.49. The van der Waals surface area contributed by atoms with E-state index < -0.39 is 0 Å². The van der Waals surface area contributed by atoms with Crippen LogP contribution >= 0.6 is 0 Å². The van der Waals surface area contributed by atoms with E-state index in [4.69, 9.17) is 9.98 Å². The zero-order valence-corrected chi connectivity index (χ0v) is 26.5. The molecule has 0 amide bonds.